The van der Waals surface area contributed by atoms with Crippen molar-refractivity contribution >= 4 is 10.9 Å². The Morgan fingerprint density at radius 2 is 2.00 bits per heavy atom. The van der Waals surface area contributed by atoms with Crippen molar-refractivity contribution in [3.63, 3.8) is 0 Å². The molecule has 0 amide bonds. The largest absolute Gasteiger partial charge is 0.482 e. The van der Waals surface area contributed by atoms with E-state index in [2.05, 4.69) is 34.6 Å². The summed E-state index contributed by atoms with van der Waals surface area (Å²) in [6.45, 7) is 1.98. The van der Waals surface area contributed by atoms with Gasteiger partial charge in [-0.3, -0.25) is 12.0 Å². The summed E-state index contributed by atoms with van der Waals surface area (Å²) in [7, 11) is 8.44. The Kier molecular flexibility index (Phi) is 2.25. The molecule has 0 saturated heterocycles. The highest BCUT2D eigenvalue weighted by Gasteiger charge is 2.39. The topological polar surface area (TPSA) is 21.1 Å². The van der Waals surface area contributed by atoms with Crippen LogP contribution in [0.25, 0.3) is 10.9 Å². The maximum Gasteiger partial charge on any atom is 0.0251 e. The van der Waals surface area contributed by atoms with Crippen LogP contribution in [0.3, 0.4) is 0 Å². The van der Waals surface area contributed by atoms with E-state index >= 15 is 0 Å². The van der Waals surface area contributed by atoms with E-state index < -0.39 is 0 Å². The van der Waals surface area contributed by atoms with E-state index in [1.54, 1.807) is 0 Å². The van der Waals surface area contributed by atoms with Crippen LogP contribution in [0.1, 0.15) is 36.9 Å². The van der Waals surface area contributed by atoms with Gasteiger partial charge in [0.25, 0.3) is 0 Å². The van der Waals surface area contributed by atoms with Gasteiger partial charge in [0.2, 0.25) is 0 Å². The maximum atomic E-state index is 4.26. The minimum atomic E-state index is 0.303. The van der Waals surface area contributed by atoms with Gasteiger partial charge >= 0.3 is 0 Å². The second-order valence-corrected chi connectivity index (χ2v) is 6.12. The Hall–Kier alpha value is -1.48. The quantitative estimate of drug-likeness (QED) is 0.673. The minimum Gasteiger partial charge on any atom is -0.482 e. The van der Waals surface area contributed by atoms with E-state index in [4.69, 9.17) is 0 Å². The first-order valence-electron chi connectivity index (χ1n) is 7.05. The van der Waals surface area contributed by atoms with Crippen molar-refractivity contribution in [2.24, 2.45) is 0 Å². The fourth-order valence-corrected chi connectivity index (χ4v) is 4.24. The zero-order valence-electron chi connectivity index (χ0n) is 11.2. The molecule has 4 rings (SSSR count). The number of rotatable bonds is 0. The predicted octanol–water partition coefficient (Wildman–Crippen LogP) is 3.09. The van der Waals surface area contributed by atoms with E-state index in [0.717, 1.165) is 18.6 Å². The number of pyridine rings is 1. The van der Waals surface area contributed by atoms with Crippen LogP contribution in [0.15, 0.2) is 18.5 Å². The molecule has 2 aromatic rings. The highest BCUT2D eigenvalue weighted by molar-refractivity contribution is 5.86. The molecular weight excluding hydrogens is 234 g/mol. The smallest absolute Gasteiger partial charge is 0.0251 e. The molecule has 3 heterocycles. The van der Waals surface area contributed by atoms with Crippen LogP contribution in [0.2, 0.25) is 0 Å². The summed E-state index contributed by atoms with van der Waals surface area (Å²) in [5.41, 5.74) is 4.34. The molecule has 3 heteroatoms. The van der Waals surface area contributed by atoms with Crippen molar-refractivity contribution in [3.8, 4) is 0 Å². The van der Waals surface area contributed by atoms with Crippen LogP contribution < -0.4 is 0 Å². The third-order valence-electron chi connectivity index (χ3n) is 4.97. The molecule has 3 nitrogen and oxygen atoms in total. The molecule has 100 valence electrons. The monoisotopic (exact) mass is 253 g/mol. The molecule has 19 heavy (non-hydrogen) atoms. The van der Waals surface area contributed by atoms with Crippen molar-refractivity contribution in [2.45, 2.75) is 37.6 Å². The molecule has 0 radical (unpaired) electrons. The lowest BCUT2D eigenvalue weighted by Gasteiger charge is -2.46. The van der Waals surface area contributed by atoms with Crippen LogP contribution in [0.5, 0.6) is 0 Å². The van der Waals surface area contributed by atoms with E-state index in [1.165, 1.54) is 42.3 Å². The number of hydrogen-bond donors (Lipinski definition) is 0. The molecule has 0 bridgehead atoms. The van der Waals surface area contributed by atoms with Crippen molar-refractivity contribution in [1.82, 2.24) is 14.5 Å². The molecule has 0 aromatic carbocycles. The van der Waals surface area contributed by atoms with Gasteiger partial charge in [-0.15, -0.1) is 7.05 Å². The van der Waals surface area contributed by atoms with Gasteiger partial charge in [-0.1, -0.05) is 29.5 Å². The Labute approximate surface area is 114 Å². The van der Waals surface area contributed by atoms with E-state index in [9.17, 15) is 0 Å². The van der Waals surface area contributed by atoms with Crippen molar-refractivity contribution < 1.29 is 0 Å². The summed E-state index contributed by atoms with van der Waals surface area (Å²) in [6.07, 6.45) is 9.09. The number of aromatic nitrogens is 2. The van der Waals surface area contributed by atoms with Crippen LogP contribution >= 0.6 is 0 Å². The number of hydrogen-bond acceptors (Lipinski definition) is 2. The zero-order valence-corrected chi connectivity index (χ0v) is 11.2. The third kappa shape index (κ3) is 1.42. The van der Waals surface area contributed by atoms with Gasteiger partial charge in [-0.2, -0.15) is 0 Å². The van der Waals surface area contributed by atoms with Gasteiger partial charge in [0.05, 0.1) is 0 Å². The SMILES string of the molecule is [CH2-]N1Cc2c(c3ccncc3n2[CH2-])C2(CCCC2)C1. The molecule has 2 aromatic heterocycles. The highest BCUT2D eigenvalue weighted by atomic mass is 15.1. The molecule has 1 saturated carbocycles. The van der Waals surface area contributed by atoms with Crippen molar-refractivity contribution in [3.05, 3.63) is 43.8 Å². The van der Waals surface area contributed by atoms with Gasteiger partial charge in [0.15, 0.2) is 0 Å². The third-order valence-corrected chi connectivity index (χ3v) is 4.97. The van der Waals surface area contributed by atoms with Crippen molar-refractivity contribution in [1.29, 1.82) is 0 Å². The van der Waals surface area contributed by atoms with Crippen LogP contribution in [-0.4, -0.2) is 21.0 Å². The first-order valence-corrected chi connectivity index (χ1v) is 7.05. The molecule has 1 fully saturated rings. The first kappa shape index (κ1) is 11.4. The lowest BCUT2D eigenvalue weighted by molar-refractivity contribution is 0.232. The first-order chi connectivity index (χ1) is 9.21. The summed E-state index contributed by atoms with van der Waals surface area (Å²) in [6, 6.07) is 2.16. The normalized spacial score (nSPS) is 22.2. The Bertz CT molecular complexity index is 635. The van der Waals surface area contributed by atoms with E-state index in [1.807, 2.05) is 12.4 Å². The lowest BCUT2D eigenvalue weighted by atomic mass is 9.75. The molecule has 1 aliphatic heterocycles. The molecule has 2 aliphatic rings. The van der Waals surface area contributed by atoms with Gasteiger partial charge < -0.3 is 9.47 Å². The summed E-state index contributed by atoms with van der Waals surface area (Å²) in [5, 5.41) is 1.36. The fourth-order valence-electron chi connectivity index (χ4n) is 4.24. The average Bonchev–Trinajstić information content (AvgIpc) is 2.96. The molecule has 0 N–H and O–H groups in total. The van der Waals surface area contributed by atoms with Crippen LogP contribution in [-0.2, 0) is 12.0 Å². The van der Waals surface area contributed by atoms with Gasteiger partial charge in [0.1, 0.15) is 0 Å². The summed E-state index contributed by atoms with van der Waals surface area (Å²) >= 11 is 0. The van der Waals surface area contributed by atoms with Gasteiger partial charge in [0, 0.05) is 6.20 Å². The maximum absolute atomic E-state index is 4.26. The molecule has 0 unspecified atom stereocenters. The van der Waals surface area contributed by atoms with Gasteiger partial charge in [-0.25, -0.2) is 0 Å². The van der Waals surface area contributed by atoms with E-state index in [-0.39, 0.29) is 0 Å². The summed E-state index contributed by atoms with van der Waals surface area (Å²) in [5.74, 6) is 0. The van der Waals surface area contributed by atoms with Crippen LogP contribution in [0.4, 0.5) is 0 Å². The lowest BCUT2D eigenvalue weighted by Crippen LogP contribution is -2.41. The molecule has 1 spiro atoms. The minimum absolute atomic E-state index is 0.303. The average molecular weight is 253 g/mol. The second-order valence-electron chi connectivity index (χ2n) is 6.12. The van der Waals surface area contributed by atoms with Crippen LogP contribution in [0, 0.1) is 14.1 Å². The predicted molar refractivity (Wildman–Crippen MR) is 76.4 cm³/mol. The number of fused-ring (bicyclic) bond motifs is 4. The Morgan fingerprint density at radius 1 is 1.21 bits per heavy atom. The Morgan fingerprint density at radius 3 is 2.79 bits per heavy atom. The van der Waals surface area contributed by atoms with Gasteiger partial charge in [-0.05, 0) is 49.1 Å². The second kappa shape index (κ2) is 3.76. The standard InChI is InChI=1S/C16H19N3/c1-18-10-14-15(16(11-18)6-3-4-7-16)12-5-8-17-9-13(12)19(14)2/h5,8-9H,1-4,6-7,10-11H2/q-2. The highest BCUT2D eigenvalue weighted by Crippen LogP contribution is 2.49. The fraction of sp³-hybridized carbons (Fsp3) is 0.438. The number of nitrogens with zero attached hydrogens (tertiary/aromatic N) is 3. The molecule has 0 atom stereocenters. The molecular formula is C16H19N3-2. The molecule has 1 aliphatic carbocycles. The summed E-state index contributed by atoms with van der Waals surface area (Å²) in [4.78, 5) is 6.47. The summed E-state index contributed by atoms with van der Waals surface area (Å²) < 4.78 is 2.08. The Balaban J connectivity index is 2.06. The van der Waals surface area contributed by atoms with E-state index in [0.29, 0.717) is 5.41 Å². The zero-order chi connectivity index (χ0) is 13.0. The van der Waals surface area contributed by atoms with Crippen molar-refractivity contribution in [2.75, 3.05) is 6.54 Å².